The van der Waals surface area contributed by atoms with Crippen molar-refractivity contribution < 1.29 is 9.53 Å². The third kappa shape index (κ3) is 3.47. The van der Waals surface area contributed by atoms with Crippen molar-refractivity contribution in [1.82, 2.24) is 0 Å². The summed E-state index contributed by atoms with van der Waals surface area (Å²) in [6, 6.07) is 0. The van der Waals surface area contributed by atoms with Gasteiger partial charge in [0.25, 0.3) is 0 Å². The van der Waals surface area contributed by atoms with Crippen LogP contribution in [0.15, 0.2) is 0 Å². The molecule has 0 aromatic carbocycles. The van der Waals surface area contributed by atoms with E-state index in [9.17, 15) is 4.79 Å². The van der Waals surface area contributed by atoms with E-state index in [1.807, 2.05) is 0 Å². The van der Waals surface area contributed by atoms with Gasteiger partial charge in [-0.05, 0) is 38.0 Å². The van der Waals surface area contributed by atoms with E-state index in [0.29, 0.717) is 5.92 Å². The third-order valence-corrected chi connectivity index (χ3v) is 2.63. The minimum absolute atomic E-state index is 0.108. The van der Waals surface area contributed by atoms with Gasteiger partial charge in [0.15, 0.2) is 5.78 Å². The minimum Gasteiger partial charge on any atom is -0.370 e. The van der Waals surface area contributed by atoms with E-state index in [1.165, 1.54) is 6.42 Å². The quantitative estimate of drug-likeness (QED) is 0.673. The lowest BCUT2D eigenvalue weighted by molar-refractivity contribution is -0.133. The monoisotopic (exact) mass is 184 g/mol. The van der Waals surface area contributed by atoms with E-state index >= 15 is 0 Å². The highest BCUT2D eigenvalue weighted by Gasteiger charge is 2.24. The lowest BCUT2D eigenvalue weighted by Crippen LogP contribution is -2.31. The molecule has 1 fully saturated rings. The van der Waals surface area contributed by atoms with E-state index in [2.05, 4.69) is 13.8 Å². The molecule has 1 saturated heterocycles. The molecule has 1 rings (SSSR count). The van der Waals surface area contributed by atoms with Crippen LogP contribution >= 0.6 is 0 Å². The van der Waals surface area contributed by atoms with Crippen molar-refractivity contribution in [3.63, 3.8) is 0 Å². The lowest BCUT2D eigenvalue weighted by atomic mass is 9.90. The number of ether oxygens (including phenoxy) is 1. The first-order valence-corrected chi connectivity index (χ1v) is 5.21. The smallest absolute Gasteiger partial charge is 0.158 e. The van der Waals surface area contributed by atoms with Gasteiger partial charge in [0, 0.05) is 0 Å². The largest absolute Gasteiger partial charge is 0.370 e. The fourth-order valence-corrected chi connectivity index (χ4v) is 1.98. The zero-order chi connectivity index (χ0) is 9.84. The first-order chi connectivity index (χ1) is 6.09. The Balaban J connectivity index is 2.26. The Labute approximate surface area is 80.7 Å². The predicted molar refractivity (Wildman–Crippen MR) is 52.6 cm³/mol. The van der Waals surface area contributed by atoms with E-state index in [4.69, 9.17) is 4.74 Å². The molecule has 1 heterocycles. The second-order valence-electron chi connectivity index (χ2n) is 4.51. The van der Waals surface area contributed by atoms with Crippen LogP contribution in [0.25, 0.3) is 0 Å². The number of ketones is 1. The van der Waals surface area contributed by atoms with Crippen LogP contribution in [0.5, 0.6) is 0 Å². The van der Waals surface area contributed by atoms with Crippen LogP contribution in [0.3, 0.4) is 0 Å². The predicted octanol–water partition coefficient (Wildman–Crippen LogP) is 2.42. The van der Waals surface area contributed by atoms with Crippen molar-refractivity contribution in [2.45, 2.75) is 46.1 Å². The van der Waals surface area contributed by atoms with E-state index in [0.717, 1.165) is 25.4 Å². The van der Waals surface area contributed by atoms with Crippen LogP contribution in [0.4, 0.5) is 0 Å². The molecule has 2 nitrogen and oxygen atoms in total. The van der Waals surface area contributed by atoms with Gasteiger partial charge in [0.05, 0.1) is 6.61 Å². The maximum absolute atomic E-state index is 11.0. The molecule has 2 heteroatoms. The molecular weight excluding hydrogens is 164 g/mol. The number of carbonyl (C=O) groups is 1. The summed E-state index contributed by atoms with van der Waals surface area (Å²) in [6.45, 7) is 6.87. The Hall–Kier alpha value is -0.370. The summed E-state index contributed by atoms with van der Waals surface area (Å²) in [7, 11) is 0. The van der Waals surface area contributed by atoms with Crippen molar-refractivity contribution in [1.29, 1.82) is 0 Å². The minimum atomic E-state index is -0.108. The highest BCUT2D eigenvalue weighted by atomic mass is 16.5. The SMILES string of the molecule is CC(=O)C1CCC(CC(C)C)CO1. The zero-order valence-corrected chi connectivity index (χ0v) is 8.88. The summed E-state index contributed by atoms with van der Waals surface area (Å²) in [6.07, 6.45) is 3.20. The summed E-state index contributed by atoms with van der Waals surface area (Å²) in [5.41, 5.74) is 0. The lowest BCUT2D eigenvalue weighted by Gasteiger charge is -2.28. The summed E-state index contributed by atoms with van der Waals surface area (Å²) < 4.78 is 5.50. The van der Waals surface area contributed by atoms with E-state index < -0.39 is 0 Å². The van der Waals surface area contributed by atoms with Crippen molar-refractivity contribution in [2.75, 3.05) is 6.61 Å². The number of carbonyl (C=O) groups excluding carboxylic acids is 1. The van der Waals surface area contributed by atoms with Gasteiger partial charge in [-0.3, -0.25) is 4.79 Å². The van der Waals surface area contributed by atoms with E-state index in [1.54, 1.807) is 6.92 Å². The molecule has 1 aliphatic rings. The summed E-state index contributed by atoms with van der Waals surface area (Å²) in [5, 5.41) is 0. The second-order valence-corrected chi connectivity index (χ2v) is 4.51. The van der Waals surface area contributed by atoms with Crippen LogP contribution in [0, 0.1) is 11.8 Å². The standard InChI is InChI=1S/C11H20O2/c1-8(2)6-10-4-5-11(9(3)12)13-7-10/h8,10-11H,4-7H2,1-3H3. The van der Waals surface area contributed by atoms with Crippen molar-refractivity contribution in [3.05, 3.63) is 0 Å². The fourth-order valence-electron chi connectivity index (χ4n) is 1.98. The average molecular weight is 184 g/mol. The van der Waals surface area contributed by atoms with Gasteiger partial charge in [0.2, 0.25) is 0 Å². The first-order valence-electron chi connectivity index (χ1n) is 5.21. The number of hydrogen-bond donors (Lipinski definition) is 0. The molecule has 13 heavy (non-hydrogen) atoms. The van der Waals surface area contributed by atoms with Crippen molar-refractivity contribution >= 4 is 5.78 Å². The molecule has 76 valence electrons. The zero-order valence-electron chi connectivity index (χ0n) is 8.88. The topological polar surface area (TPSA) is 26.3 Å². The Morgan fingerprint density at radius 1 is 1.46 bits per heavy atom. The van der Waals surface area contributed by atoms with Gasteiger partial charge >= 0.3 is 0 Å². The third-order valence-electron chi connectivity index (χ3n) is 2.63. The number of Topliss-reactive ketones (excluding diaryl/α,β-unsaturated/α-hetero) is 1. The van der Waals surface area contributed by atoms with Crippen molar-refractivity contribution in [3.8, 4) is 0 Å². The molecule has 2 unspecified atom stereocenters. The van der Waals surface area contributed by atoms with Crippen LogP contribution in [-0.4, -0.2) is 18.5 Å². The van der Waals surface area contributed by atoms with Gasteiger partial charge < -0.3 is 4.74 Å². The van der Waals surface area contributed by atoms with E-state index in [-0.39, 0.29) is 11.9 Å². The molecular formula is C11H20O2. The molecule has 0 aliphatic carbocycles. The highest BCUT2D eigenvalue weighted by molar-refractivity contribution is 5.80. The summed E-state index contributed by atoms with van der Waals surface area (Å²) in [5.74, 6) is 1.60. The molecule has 0 amide bonds. The molecule has 0 saturated carbocycles. The van der Waals surface area contributed by atoms with Crippen LogP contribution < -0.4 is 0 Å². The molecule has 0 aromatic heterocycles. The first kappa shape index (κ1) is 10.7. The van der Waals surface area contributed by atoms with Gasteiger partial charge in [-0.1, -0.05) is 13.8 Å². The Morgan fingerprint density at radius 3 is 2.54 bits per heavy atom. The number of rotatable bonds is 3. The molecule has 1 aliphatic heterocycles. The van der Waals surface area contributed by atoms with Gasteiger partial charge in [-0.2, -0.15) is 0 Å². The van der Waals surface area contributed by atoms with Crippen LogP contribution in [0.1, 0.15) is 40.0 Å². The van der Waals surface area contributed by atoms with Crippen LogP contribution in [-0.2, 0) is 9.53 Å². The van der Waals surface area contributed by atoms with Crippen molar-refractivity contribution in [2.24, 2.45) is 11.8 Å². The van der Waals surface area contributed by atoms with Gasteiger partial charge in [-0.15, -0.1) is 0 Å². The second kappa shape index (κ2) is 4.75. The maximum Gasteiger partial charge on any atom is 0.158 e. The molecule has 0 bridgehead atoms. The molecule has 0 radical (unpaired) electrons. The molecule has 0 spiro atoms. The summed E-state index contributed by atoms with van der Waals surface area (Å²) >= 11 is 0. The number of hydrogen-bond acceptors (Lipinski definition) is 2. The Bertz CT molecular complexity index is 167. The highest BCUT2D eigenvalue weighted by Crippen LogP contribution is 2.24. The van der Waals surface area contributed by atoms with Crippen LogP contribution in [0.2, 0.25) is 0 Å². The van der Waals surface area contributed by atoms with Gasteiger partial charge in [-0.25, -0.2) is 0 Å². The van der Waals surface area contributed by atoms with Gasteiger partial charge in [0.1, 0.15) is 6.10 Å². The molecule has 0 aromatic rings. The molecule has 2 atom stereocenters. The average Bonchev–Trinajstić information content (AvgIpc) is 2.04. The Kier molecular flexibility index (Phi) is 3.91. The Morgan fingerprint density at radius 2 is 2.15 bits per heavy atom. The maximum atomic E-state index is 11.0. The summed E-state index contributed by atoms with van der Waals surface area (Å²) in [4.78, 5) is 11.0. The normalized spacial score (nSPS) is 29.2. The fraction of sp³-hybridized carbons (Fsp3) is 0.909. The molecule has 0 N–H and O–H groups in total.